The van der Waals surface area contributed by atoms with E-state index in [2.05, 4.69) is 9.80 Å². The number of rotatable bonds is 3. The molecule has 2 atom stereocenters. The third kappa shape index (κ3) is 3.91. The minimum absolute atomic E-state index is 0.425. The van der Waals surface area contributed by atoms with Gasteiger partial charge in [0.15, 0.2) is 0 Å². The van der Waals surface area contributed by atoms with Gasteiger partial charge in [-0.3, -0.25) is 9.80 Å². The predicted octanol–water partition coefficient (Wildman–Crippen LogP) is 0.255. The fourth-order valence-corrected chi connectivity index (χ4v) is 3.16. The Hall–Kier alpha value is -0.160. The van der Waals surface area contributed by atoms with Crippen LogP contribution in [0, 0.1) is 0 Å². The van der Waals surface area contributed by atoms with Gasteiger partial charge in [-0.1, -0.05) is 0 Å². The molecule has 100 valence electrons. The first-order valence-corrected chi connectivity index (χ1v) is 6.88. The summed E-state index contributed by atoms with van der Waals surface area (Å²) >= 11 is 0. The fraction of sp³-hybridized carbons (Fsp3) is 1.00. The molecule has 2 unspecified atom stereocenters. The van der Waals surface area contributed by atoms with Crippen molar-refractivity contribution < 1.29 is 5.11 Å². The summed E-state index contributed by atoms with van der Waals surface area (Å²) in [5.74, 6) is 0. The summed E-state index contributed by atoms with van der Waals surface area (Å²) in [6.45, 7) is 8.97. The van der Waals surface area contributed by atoms with Gasteiger partial charge >= 0.3 is 0 Å². The molecule has 0 aromatic carbocycles. The van der Waals surface area contributed by atoms with Crippen molar-refractivity contribution in [3.63, 3.8) is 0 Å². The number of nitrogens with zero attached hydrogens (tertiary/aromatic N) is 2. The number of aliphatic hydroxyl groups is 1. The Balaban J connectivity index is 1.74. The number of piperazine rings is 1. The van der Waals surface area contributed by atoms with E-state index in [1.807, 2.05) is 13.8 Å². The molecule has 0 bridgehead atoms. The van der Waals surface area contributed by atoms with Crippen molar-refractivity contribution in [1.82, 2.24) is 9.80 Å². The predicted molar refractivity (Wildman–Crippen MR) is 69.9 cm³/mol. The largest absolute Gasteiger partial charge is 0.389 e. The molecule has 4 nitrogen and oxygen atoms in total. The zero-order valence-electron chi connectivity index (χ0n) is 11.2. The van der Waals surface area contributed by atoms with E-state index in [1.54, 1.807) is 0 Å². The maximum absolute atomic E-state index is 9.81. The van der Waals surface area contributed by atoms with Crippen molar-refractivity contribution in [3.05, 3.63) is 0 Å². The molecule has 1 heterocycles. The molecule has 0 amide bonds. The van der Waals surface area contributed by atoms with Gasteiger partial charge in [0.1, 0.15) is 0 Å². The summed E-state index contributed by atoms with van der Waals surface area (Å²) < 4.78 is 0. The second kappa shape index (κ2) is 5.22. The molecular formula is C13H27N3O. The van der Waals surface area contributed by atoms with Gasteiger partial charge in [0.05, 0.1) is 5.60 Å². The Morgan fingerprint density at radius 1 is 1.18 bits per heavy atom. The van der Waals surface area contributed by atoms with E-state index in [1.165, 1.54) is 19.3 Å². The molecule has 0 aromatic heterocycles. The first-order valence-electron chi connectivity index (χ1n) is 6.88. The van der Waals surface area contributed by atoms with Gasteiger partial charge in [0.25, 0.3) is 0 Å². The summed E-state index contributed by atoms with van der Waals surface area (Å²) in [6.07, 6.45) is 3.63. The van der Waals surface area contributed by atoms with Crippen LogP contribution in [-0.2, 0) is 0 Å². The third-order valence-electron chi connectivity index (χ3n) is 3.98. The van der Waals surface area contributed by atoms with Crippen LogP contribution in [0.5, 0.6) is 0 Å². The molecule has 1 aliphatic heterocycles. The highest BCUT2D eigenvalue weighted by Gasteiger charge is 2.30. The summed E-state index contributed by atoms with van der Waals surface area (Å²) in [4.78, 5) is 4.96. The smallest absolute Gasteiger partial charge is 0.0718 e. The summed E-state index contributed by atoms with van der Waals surface area (Å²) in [5.41, 5.74) is 5.40. The Bertz CT molecular complexity index is 244. The lowest BCUT2D eigenvalue weighted by Gasteiger charge is -2.39. The number of hydrogen-bond acceptors (Lipinski definition) is 4. The lowest BCUT2D eigenvalue weighted by atomic mass is 10.1. The molecule has 3 N–H and O–H groups in total. The van der Waals surface area contributed by atoms with Crippen LogP contribution in [0.3, 0.4) is 0 Å². The van der Waals surface area contributed by atoms with E-state index >= 15 is 0 Å². The van der Waals surface area contributed by atoms with Gasteiger partial charge in [-0.2, -0.15) is 0 Å². The van der Waals surface area contributed by atoms with Gasteiger partial charge in [0, 0.05) is 44.8 Å². The Morgan fingerprint density at radius 3 is 2.29 bits per heavy atom. The van der Waals surface area contributed by atoms with Gasteiger partial charge < -0.3 is 10.8 Å². The molecule has 2 aliphatic rings. The van der Waals surface area contributed by atoms with Crippen LogP contribution in [0.25, 0.3) is 0 Å². The van der Waals surface area contributed by atoms with Crippen molar-refractivity contribution >= 4 is 0 Å². The first kappa shape index (κ1) is 13.3. The quantitative estimate of drug-likeness (QED) is 0.744. The average Bonchev–Trinajstić information content (AvgIpc) is 2.63. The maximum Gasteiger partial charge on any atom is 0.0718 e. The molecule has 1 aliphatic carbocycles. The van der Waals surface area contributed by atoms with Crippen LogP contribution in [-0.4, -0.2) is 65.3 Å². The SMILES string of the molecule is CC(C)(O)CN1CCN(C2CCC(N)C2)CC1. The Kier molecular flexibility index (Phi) is 4.08. The van der Waals surface area contributed by atoms with Gasteiger partial charge in [-0.15, -0.1) is 0 Å². The summed E-state index contributed by atoms with van der Waals surface area (Å²) in [6, 6.07) is 1.14. The van der Waals surface area contributed by atoms with Crippen molar-refractivity contribution in [2.75, 3.05) is 32.7 Å². The van der Waals surface area contributed by atoms with Crippen molar-refractivity contribution in [3.8, 4) is 0 Å². The summed E-state index contributed by atoms with van der Waals surface area (Å²) in [7, 11) is 0. The van der Waals surface area contributed by atoms with E-state index in [4.69, 9.17) is 5.73 Å². The van der Waals surface area contributed by atoms with Crippen LogP contribution >= 0.6 is 0 Å². The lowest BCUT2D eigenvalue weighted by Crippen LogP contribution is -2.52. The first-order chi connectivity index (χ1) is 7.94. The molecule has 17 heavy (non-hydrogen) atoms. The monoisotopic (exact) mass is 241 g/mol. The highest BCUT2D eigenvalue weighted by Crippen LogP contribution is 2.24. The zero-order chi connectivity index (χ0) is 12.5. The zero-order valence-corrected chi connectivity index (χ0v) is 11.2. The van der Waals surface area contributed by atoms with Crippen LogP contribution in [0.1, 0.15) is 33.1 Å². The topological polar surface area (TPSA) is 52.7 Å². The van der Waals surface area contributed by atoms with Crippen molar-refractivity contribution in [2.45, 2.75) is 50.8 Å². The number of hydrogen-bond donors (Lipinski definition) is 2. The Morgan fingerprint density at radius 2 is 1.82 bits per heavy atom. The minimum Gasteiger partial charge on any atom is -0.389 e. The van der Waals surface area contributed by atoms with Crippen molar-refractivity contribution in [1.29, 1.82) is 0 Å². The average molecular weight is 241 g/mol. The lowest BCUT2D eigenvalue weighted by molar-refractivity contribution is 0.0113. The molecule has 0 aromatic rings. The van der Waals surface area contributed by atoms with Crippen LogP contribution < -0.4 is 5.73 Å². The molecule has 2 fully saturated rings. The molecule has 1 saturated heterocycles. The standard InChI is InChI=1S/C13H27N3O/c1-13(2,17)10-15-5-7-16(8-6-15)12-4-3-11(14)9-12/h11-12,17H,3-10,14H2,1-2H3. The van der Waals surface area contributed by atoms with E-state index < -0.39 is 5.60 Å². The van der Waals surface area contributed by atoms with E-state index in [-0.39, 0.29) is 0 Å². The van der Waals surface area contributed by atoms with E-state index in [0.29, 0.717) is 12.1 Å². The second-order valence-electron chi connectivity index (χ2n) is 6.35. The highest BCUT2D eigenvalue weighted by atomic mass is 16.3. The van der Waals surface area contributed by atoms with Crippen LogP contribution in [0.2, 0.25) is 0 Å². The fourth-order valence-electron chi connectivity index (χ4n) is 3.16. The molecule has 2 rings (SSSR count). The molecular weight excluding hydrogens is 214 g/mol. The van der Waals surface area contributed by atoms with Gasteiger partial charge in [-0.05, 0) is 33.1 Å². The van der Waals surface area contributed by atoms with Crippen LogP contribution in [0.15, 0.2) is 0 Å². The Labute approximate surface area is 105 Å². The van der Waals surface area contributed by atoms with Crippen molar-refractivity contribution in [2.24, 2.45) is 5.73 Å². The summed E-state index contributed by atoms with van der Waals surface area (Å²) in [5, 5.41) is 9.81. The molecule has 4 heteroatoms. The number of β-amino-alcohol motifs (C(OH)–C–C–N with tert-alkyl or cyclic N) is 1. The third-order valence-corrected chi connectivity index (χ3v) is 3.98. The molecule has 0 radical (unpaired) electrons. The van der Waals surface area contributed by atoms with Crippen LogP contribution in [0.4, 0.5) is 0 Å². The molecule has 0 spiro atoms. The normalized spacial score (nSPS) is 33.2. The molecule has 1 saturated carbocycles. The highest BCUT2D eigenvalue weighted by molar-refractivity contribution is 4.88. The minimum atomic E-state index is -0.572. The second-order valence-corrected chi connectivity index (χ2v) is 6.35. The van der Waals surface area contributed by atoms with Gasteiger partial charge in [-0.25, -0.2) is 0 Å². The van der Waals surface area contributed by atoms with E-state index in [9.17, 15) is 5.11 Å². The van der Waals surface area contributed by atoms with E-state index in [0.717, 1.165) is 32.7 Å². The van der Waals surface area contributed by atoms with Gasteiger partial charge in [0.2, 0.25) is 0 Å². The maximum atomic E-state index is 9.81. The number of nitrogens with two attached hydrogens (primary N) is 1.